The van der Waals surface area contributed by atoms with Crippen LogP contribution in [0, 0.1) is 0 Å². The fraction of sp³-hybridized carbons (Fsp3) is 0.500. The van der Waals surface area contributed by atoms with Crippen LogP contribution < -0.4 is 0 Å². The Bertz CT molecular complexity index is 406. The molecule has 3 nitrogen and oxygen atoms in total. The predicted octanol–water partition coefficient (Wildman–Crippen LogP) is 2.26. The van der Waals surface area contributed by atoms with Crippen LogP contribution in [0.5, 0.6) is 0 Å². The van der Waals surface area contributed by atoms with Crippen molar-refractivity contribution in [2.75, 3.05) is 12.3 Å². The first kappa shape index (κ1) is 9.60. The number of thioether (sulfide) groups is 1. The molecule has 0 radical (unpaired) electrons. The summed E-state index contributed by atoms with van der Waals surface area (Å²) in [5.41, 5.74) is 0. The van der Waals surface area contributed by atoms with E-state index >= 15 is 0 Å². The largest absolute Gasteiger partial charge is 0.440 e. The first-order valence-corrected chi connectivity index (χ1v) is 6.34. The van der Waals surface area contributed by atoms with Gasteiger partial charge in [0.15, 0.2) is 11.0 Å². The van der Waals surface area contributed by atoms with Gasteiger partial charge in [0.05, 0.1) is 0 Å². The maximum atomic E-state index is 12.0. The second-order valence-corrected chi connectivity index (χ2v) is 5.61. The van der Waals surface area contributed by atoms with Gasteiger partial charge in [0.25, 0.3) is 5.91 Å². The Hall–Kier alpha value is -0.610. The highest BCUT2D eigenvalue weighted by Gasteiger charge is 2.41. The summed E-state index contributed by atoms with van der Waals surface area (Å²) in [6.45, 7) is 0.854. The minimum absolute atomic E-state index is 0.0188. The average molecular weight is 244 g/mol. The van der Waals surface area contributed by atoms with Crippen LogP contribution in [0.4, 0.5) is 0 Å². The summed E-state index contributed by atoms with van der Waals surface area (Å²) >= 11 is 7.61. The van der Waals surface area contributed by atoms with Gasteiger partial charge in [0, 0.05) is 23.6 Å². The zero-order chi connectivity index (χ0) is 10.4. The highest BCUT2D eigenvalue weighted by molar-refractivity contribution is 8.00. The van der Waals surface area contributed by atoms with E-state index in [0.717, 1.165) is 18.7 Å². The molecule has 2 aliphatic rings. The molecular weight excluding hydrogens is 234 g/mol. The van der Waals surface area contributed by atoms with Gasteiger partial charge in [-0.15, -0.1) is 0 Å². The number of carbonyl (C=O) groups excluding carboxylic acids is 1. The van der Waals surface area contributed by atoms with Crippen LogP contribution in [0.15, 0.2) is 16.5 Å². The fourth-order valence-corrected chi connectivity index (χ4v) is 3.80. The molecule has 1 amide bonds. The van der Waals surface area contributed by atoms with Gasteiger partial charge in [-0.1, -0.05) is 0 Å². The Morgan fingerprint density at radius 2 is 2.47 bits per heavy atom. The Morgan fingerprint density at radius 1 is 1.60 bits per heavy atom. The lowest BCUT2D eigenvalue weighted by molar-refractivity contribution is 0.0715. The second-order valence-electron chi connectivity index (χ2n) is 3.91. The van der Waals surface area contributed by atoms with Crippen molar-refractivity contribution in [2.24, 2.45) is 0 Å². The average Bonchev–Trinajstić information content (AvgIpc) is 2.90. The summed E-state index contributed by atoms with van der Waals surface area (Å²) in [5, 5.41) is 0.904. The Morgan fingerprint density at radius 3 is 3.00 bits per heavy atom. The quantitative estimate of drug-likeness (QED) is 0.759. The predicted molar refractivity (Wildman–Crippen MR) is 59.4 cm³/mol. The summed E-state index contributed by atoms with van der Waals surface area (Å²) in [6.07, 6.45) is 1.13. The van der Waals surface area contributed by atoms with Crippen LogP contribution in [0.1, 0.15) is 17.0 Å². The molecule has 80 valence electrons. The standard InChI is InChI=1S/C10H10ClNO2S/c11-9-2-1-8(14-9)10(13)12-4-7-3-6(12)5-15-7/h1-2,6-7H,3-5H2. The number of hydrogen-bond donors (Lipinski definition) is 0. The molecule has 3 rings (SSSR count). The van der Waals surface area contributed by atoms with E-state index in [4.69, 9.17) is 16.0 Å². The number of carbonyl (C=O) groups is 1. The van der Waals surface area contributed by atoms with Crippen molar-refractivity contribution in [1.82, 2.24) is 4.90 Å². The Labute approximate surface area is 96.8 Å². The molecule has 0 saturated carbocycles. The van der Waals surface area contributed by atoms with Crippen LogP contribution in [-0.2, 0) is 0 Å². The molecule has 3 heterocycles. The van der Waals surface area contributed by atoms with E-state index in [1.165, 1.54) is 0 Å². The number of furan rings is 1. The van der Waals surface area contributed by atoms with Crippen molar-refractivity contribution >= 4 is 29.3 Å². The zero-order valence-electron chi connectivity index (χ0n) is 7.98. The van der Waals surface area contributed by atoms with Crippen molar-refractivity contribution in [2.45, 2.75) is 17.7 Å². The molecule has 0 spiro atoms. The van der Waals surface area contributed by atoms with E-state index in [2.05, 4.69) is 0 Å². The van der Waals surface area contributed by atoms with E-state index in [1.54, 1.807) is 12.1 Å². The maximum Gasteiger partial charge on any atom is 0.289 e. The highest BCUT2D eigenvalue weighted by atomic mass is 35.5. The summed E-state index contributed by atoms with van der Waals surface area (Å²) in [6, 6.07) is 3.65. The molecule has 0 N–H and O–H groups in total. The van der Waals surface area contributed by atoms with Gasteiger partial charge in [-0.05, 0) is 30.2 Å². The molecule has 2 bridgehead atoms. The van der Waals surface area contributed by atoms with Gasteiger partial charge < -0.3 is 9.32 Å². The van der Waals surface area contributed by atoms with Crippen LogP contribution in [-0.4, -0.2) is 34.4 Å². The summed E-state index contributed by atoms with van der Waals surface area (Å²) in [7, 11) is 0. The van der Waals surface area contributed by atoms with Gasteiger partial charge in [-0.2, -0.15) is 11.8 Å². The van der Waals surface area contributed by atoms with Crippen molar-refractivity contribution in [3.05, 3.63) is 23.1 Å². The van der Waals surface area contributed by atoms with E-state index in [9.17, 15) is 4.79 Å². The van der Waals surface area contributed by atoms with Crippen molar-refractivity contribution < 1.29 is 9.21 Å². The van der Waals surface area contributed by atoms with E-state index in [-0.39, 0.29) is 11.1 Å². The third kappa shape index (κ3) is 1.56. The zero-order valence-corrected chi connectivity index (χ0v) is 9.55. The number of likely N-dealkylation sites (tertiary alicyclic amines) is 1. The van der Waals surface area contributed by atoms with E-state index < -0.39 is 0 Å². The van der Waals surface area contributed by atoms with E-state index in [1.807, 2.05) is 16.7 Å². The third-order valence-corrected chi connectivity index (χ3v) is 4.54. The molecule has 15 heavy (non-hydrogen) atoms. The van der Waals surface area contributed by atoms with Crippen molar-refractivity contribution in [1.29, 1.82) is 0 Å². The number of halogens is 1. The maximum absolute atomic E-state index is 12.0. The van der Waals surface area contributed by atoms with Gasteiger partial charge in [-0.25, -0.2) is 0 Å². The van der Waals surface area contributed by atoms with Crippen molar-refractivity contribution in [3.63, 3.8) is 0 Å². The molecule has 2 saturated heterocycles. The number of amides is 1. The third-order valence-electron chi connectivity index (χ3n) is 2.95. The van der Waals surface area contributed by atoms with Gasteiger partial charge >= 0.3 is 0 Å². The molecule has 5 heteroatoms. The number of fused-ring (bicyclic) bond motifs is 2. The van der Waals surface area contributed by atoms with Crippen LogP contribution in [0.2, 0.25) is 5.22 Å². The Kier molecular flexibility index (Phi) is 2.21. The van der Waals surface area contributed by atoms with Gasteiger partial charge in [-0.3, -0.25) is 4.79 Å². The number of rotatable bonds is 1. The van der Waals surface area contributed by atoms with Crippen LogP contribution >= 0.6 is 23.4 Å². The molecule has 2 unspecified atom stereocenters. The molecule has 2 atom stereocenters. The number of nitrogens with zero attached hydrogens (tertiary/aromatic N) is 1. The van der Waals surface area contributed by atoms with Crippen LogP contribution in [0.25, 0.3) is 0 Å². The normalized spacial score (nSPS) is 28.7. The fourth-order valence-electron chi connectivity index (χ4n) is 2.22. The molecule has 0 aromatic carbocycles. The minimum atomic E-state index is -0.0188. The number of hydrogen-bond acceptors (Lipinski definition) is 3. The lowest BCUT2D eigenvalue weighted by atomic mass is 10.2. The van der Waals surface area contributed by atoms with Crippen molar-refractivity contribution in [3.8, 4) is 0 Å². The smallest absolute Gasteiger partial charge is 0.289 e. The highest BCUT2D eigenvalue weighted by Crippen LogP contribution is 2.38. The van der Waals surface area contributed by atoms with Crippen LogP contribution in [0.3, 0.4) is 0 Å². The minimum Gasteiger partial charge on any atom is -0.440 e. The molecule has 2 aliphatic heterocycles. The summed E-state index contributed by atoms with van der Waals surface area (Å²) in [5.74, 6) is 1.40. The van der Waals surface area contributed by atoms with E-state index in [0.29, 0.717) is 17.1 Å². The lowest BCUT2D eigenvalue weighted by Crippen LogP contribution is -2.38. The molecule has 1 aromatic heterocycles. The monoisotopic (exact) mass is 243 g/mol. The van der Waals surface area contributed by atoms with Gasteiger partial charge in [0.1, 0.15) is 0 Å². The van der Waals surface area contributed by atoms with Gasteiger partial charge in [0.2, 0.25) is 0 Å². The SMILES string of the molecule is O=C(c1ccc(Cl)o1)N1CC2CC1CS2. The molecule has 0 aliphatic carbocycles. The lowest BCUT2D eigenvalue weighted by Gasteiger charge is -2.25. The first-order chi connectivity index (χ1) is 7.24. The molecule has 2 fully saturated rings. The topological polar surface area (TPSA) is 33.5 Å². The Balaban J connectivity index is 1.81. The second kappa shape index (κ2) is 3.46. The summed E-state index contributed by atoms with van der Waals surface area (Å²) in [4.78, 5) is 13.9. The first-order valence-electron chi connectivity index (χ1n) is 4.92. The molecule has 1 aromatic rings. The molecular formula is C10H10ClNO2S. The summed E-state index contributed by atoms with van der Waals surface area (Å²) < 4.78 is 5.13.